The summed E-state index contributed by atoms with van der Waals surface area (Å²) in [5.74, 6) is 0.637. The zero-order valence-corrected chi connectivity index (χ0v) is 13.5. The van der Waals surface area contributed by atoms with Gasteiger partial charge in [-0.15, -0.1) is 0 Å². The lowest BCUT2D eigenvalue weighted by Crippen LogP contribution is -2.42. The Labute approximate surface area is 135 Å². The smallest absolute Gasteiger partial charge is 0.253 e. The Hall–Kier alpha value is -2.14. The normalized spacial score (nSPS) is 24.4. The van der Waals surface area contributed by atoms with Gasteiger partial charge in [-0.25, -0.2) is 0 Å². The molecule has 23 heavy (non-hydrogen) atoms. The van der Waals surface area contributed by atoms with E-state index in [0.29, 0.717) is 18.4 Å². The van der Waals surface area contributed by atoms with Crippen molar-refractivity contribution in [3.05, 3.63) is 36.0 Å². The van der Waals surface area contributed by atoms with Crippen molar-refractivity contribution in [1.82, 2.24) is 10.3 Å². The number of fused-ring (bicyclic) bond motifs is 1. The van der Waals surface area contributed by atoms with Crippen LogP contribution in [0.3, 0.4) is 0 Å². The van der Waals surface area contributed by atoms with E-state index in [1.54, 1.807) is 13.3 Å². The summed E-state index contributed by atoms with van der Waals surface area (Å²) >= 11 is 0. The van der Waals surface area contributed by atoms with Gasteiger partial charge >= 0.3 is 0 Å². The number of nitrogens with zero attached hydrogens (tertiary/aromatic N) is 1. The van der Waals surface area contributed by atoms with E-state index in [2.05, 4.69) is 10.3 Å². The standard InChI is InChI=1S/C18H22N2O3/c1-18(22)7-5-14(6-8-18)20-17(21)13-9-12-3-4-15(23-2)10-16(12)19-11-13/h3-4,9-11,14,22H,5-8H2,1-2H3,(H,20,21). The molecule has 0 saturated heterocycles. The maximum Gasteiger partial charge on any atom is 0.253 e. The average molecular weight is 314 g/mol. The van der Waals surface area contributed by atoms with Crippen molar-refractivity contribution < 1.29 is 14.6 Å². The molecular weight excluding hydrogens is 292 g/mol. The third-order valence-corrected chi connectivity index (χ3v) is 4.55. The summed E-state index contributed by atoms with van der Waals surface area (Å²) in [4.78, 5) is 16.7. The first kappa shape index (κ1) is 15.7. The van der Waals surface area contributed by atoms with Crippen LogP contribution in [-0.2, 0) is 0 Å². The average Bonchev–Trinajstić information content (AvgIpc) is 2.55. The molecule has 1 fully saturated rings. The Bertz CT molecular complexity index is 717. The van der Waals surface area contributed by atoms with Crippen LogP contribution in [0.1, 0.15) is 43.0 Å². The van der Waals surface area contributed by atoms with Crippen molar-refractivity contribution in [2.75, 3.05) is 7.11 Å². The number of aromatic nitrogens is 1. The molecule has 0 aliphatic heterocycles. The molecule has 5 nitrogen and oxygen atoms in total. The molecule has 1 aliphatic carbocycles. The first-order chi connectivity index (χ1) is 11.0. The lowest BCUT2D eigenvalue weighted by Gasteiger charge is -2.33. The Morgan fingerprint density at radius 3 is 2.78 bits per heavy atom. The number of carbonyl (C=O) groups excluding carboxylic acids is 1. The van der Waals surface area contributed by atoms with Crippen molar-refractivity contribution in [1.29, 1.82) is 0 Å². The highest BCUT2D eigenvalue weighted by Crippen LogP contribution is 2.28. The number of rotatable bonds is 3. The molecule has 1 aromatic carbocycles. The van der Waals surface area contributed by atoms with Crippen molar-refractivity contribution in [2.45, 2.75) is 44.2 Å². The number of hydrogen-bond donors (Lipinski definition) is 2. The highest BCUT2D eigenvalue weighted by atomic mass is 16.5. The SMILES string of the molecule is COc1ccc2cc(C(=O)NC3CCC(C)(O)CC3)cnc2c1. The van der Waals surface area contributed by atoms with E-state index in [0.717, 1.165) is 29.5 Å². The molecule has 0 unspecified atom stereocenters. The van der Waals surface area contributed by atoms with Crippen LogP contribution in [0.25, 0.3) is 10.9 Å². The maximum atomic E-state index is 12.4. The second kappa shape index (κ2) is 6.16. The second-order valence-electron chi connectivity index (χ2n) is 6.53. The molecule has 2 N–H and O–H groups in total. The summed E-state index contributed by atoms with van der Waals surface area (Å²) < 4.78 is 5.18. The Morgan fingerprint density at radius 2 is 2.09 bits per heavy atom. The minimum Gasteiger partial charge on any atom is -0.497 e. The lowest BCUT2D eigenvalue weighted by atomic mass is 9.83. The maximum absolute atomic E-state index is 12.4. The summed E-state index contributed by atoms with van der Waals surface area (Å²) in [5.41, 5.74) is 0.764. The monoisotopic (exact) mass is 314 g/mol. The van der Waals surface area contributed by atoms with Gasteiger partial charge in [0.25, 0.3) is 5.91 Å². The molecule has 1 aliphatic rings. The second-order valence-corrected chi connectivity index (χ2v) is 6.53. The topological polar surface area (TPSA) is 71.5 Å². The highest BCUT2D eigenvalue weighted by molar-refractivity contribution is 5.97. The minimum atomic E-state index is -0.592. The number of pyridine rings is 1. The summed E-state index contributed by atoms with van der Waals surface area (Å²) in [6, 6.07) is 7.57. The van der Waals surface area contributed by atoms with Crippen LogP contribution in [0.2, 0.25) is 0 Å². The van der Waals surface area contributed by atoms with Crippen molar-refractivity contribution in [2.24, 2.45) is 0 Å². The zero-order chi connectivity index (χ0) is 16.4. The Kier molecular flexibility index (Phi) is 4.22. The third kappa shape index (κ3) is 3.62. The molecule has 0 spiro atoms. The van der Waals surface area contributed by atoms with Gasteiger partial charge in [0.15, 0.2) is 0 Å². The Morgan fingerprint density at radius 1 is 1.35 bits per heavy atom. The lowest BCUT2D eigenvalue weighted by molar-refractivity contribution is 0.0140. The molecule has 0 atom stereocenters. The van der Waals surface area contributed by atoms with Gasteiger partial charge in [0.1, 0.15) is 5.75 Å². The van der Waals surface area contributed by atoms with E-state index in [-0.39, 0.29) is 11.9 Å². The van der Waals surface area contributed by atoms with Gasteiger partial charge in [0, 0.05) is 23.7 Å². The number of amides is 1. The molecule has 2 aromatic rings. The fraction of sp³-hybridized carbons (Fsp3) is 0.444. The van der Waals surface area contributed by atoms with Gasteiger partial charge in [0.05, 0.1) is 23.8 Å². The van der Waals surface area contributed by atoms with Crippen LogP contribution in [-0.4, -0.2) is 34.8 Å². The summed E-state index contributed by atoms with van der Waals surface area (Å²) in [6.07, 6.45) is 4.63. The molecule has 122 valence electrons. The van der Waals surface area contributed by atoms with E-state index in [1.165, 1.54) is 0 Å². The molecule has 1 aromatic heterocycles. The van der Waals surface area contributed by atoms with Crippen molar-refractivity contribution in [3.63, 3.8) is 0 Å². The summed E-state index contributed by atoms with van der Waals surface area (Å²) in [7, 11) is 1.62. The van der Waals surface area contributed by atoms with Gasteiger partial charge in [-0.2, -0.15) is 0 Å². The number of methoxy groups -OCH3 is 1. The first-order valence-electron chi connectivity index (χ1n) is 7.94. The summed E-state index contributed by atoms with van der Waals surface area (Å²) in [5, 5.41) is 13.9. The van der Waals surface area contributed by atoms with Crippen LogP contribution < -0.4 is 10.1 Å². The van der Waals surface area contributed by atoms with Crippen molar-refractivity contribution in [3.8, 4) is 5.75 Å². The molecular formula is C18H22N2O3. The van der Waals surface area contributed by atoms with E-state index in [4.69, 9.17) is 4.74 Å². The number of aliphatic hydroxyl groups is 1. The van der Waals surface area contributed by atoms with Crippen molar-refractivity contribution >= 4 is 16.8 Å². The fourth-order valence-electron chi connectivity index (χ4n) is 3.01. The predicted molar refractivity (Wildman–Crippen MR) is 88.6 cm³/mol. The zero-order valence-electron chi connectivity index (χ0n) is 13.5. The molecule has 0 radical (unpaired) electrons. The van der Waals surface area contributed by atoms with Gasteiger partial charge < -0.3 is 15.2 Å². The molecule has 1 amide bonds. The quantitative estimate of drug-likeness (QED) is 0.913. The molecule has 1 heterocycles. The fourth-order valence-corrected chi connectivity index (χ4v) is 3.01. The first-order valence-corrected chi connectivity index (χ1v) is 7.94. The van der Waals surface area contributed by atoms with E-state index < -0.39 is 5.60 Å². The number of nitrogens with one attached hydrogen (secondary N) is 1. The minimum absolute atomic E-state index is 0.109. The number of hydrogen-bond acceptors (Lipinski definition) is 4. The molecule has 3 rings (SSSR count). The number of ether oxygens (including phenoxy) is 1. The molecule has 0 bridgehead atoms. The number of carbonyl (C=O) groups is 1. The Balaban J connectivity index is 1.71. The van der Waals surface area contributed by atoms with Crippen LogP contribution >= 0.6 is 0 Å². The van der Waals surface area contributed by atoms with Gasteiger partial charge in [-0.3, -0.25) is 9.78 Å². The van der Waals surface area contributed by atoms with Crippen LogP contribution in [0.4, 0.5) is 0 Å². The van der Waals surface area contributed by atoms with Gasteiger partial charge in [-0.05, 0) is 50.8 Å². The largest absolute Gasteiger partial charge is 0.497 e. The van der Waals surface area contributed by atoms with Gasteiger partial charge in [0.2, 0.25) is 0 Å². The van der Waals surface area contributed by atoms with E-state index >= 15 is 0 Å². The predicted octanol–water partition coefficient (Wildman–Crippen LogP) is 2.67. The highest BCUT2D eigenvalue weighted by Gasteiger charge is 2.29. The van der Waals surface area contributed by atoms with Crippen LogP contribution in [0.5, 0.6) is 5.75 Å². The summed E-state index contributed by atoms with van der Waals surface area (Å²) in [6.45, 7) is 1.85. The van der Waals surface area contributed by atoms with E-state index in [1.807, 2.05) is 31.2 Å². The molecule has 5 heteroatoms. The molecule has 1 saturated carbocycles. The third-order valence-electron chi connectivity index (χ3n) is 4.55. The van der Waals surface area contributed by atoms with Crippen LogP contribution in [0, 0.1) is 0 Å². The van der Waals surface area contributed by atoms with Gasteiger partial charge in [-0.1, -0.05) is 0 Å². The van der Waals surface area contributed by atoms with Crippen LogP contribution in [0.15, 0.2) is 30.5 Å². The van der Waals surface area contributed by atoms with E-state index in [9.17, 15) is 9.90 Å². The number of benzene rings is 1.